The monoisotopic (exact) mass is 281 g/mol. The Kier molecular flexibility index (Phi) is 2.78. The molecular formula is C11H8BrNO3. The fourth-order valence-corrected chi connectivity index (χ4v) is 1.44. The van der Waals surface area contributed by atoms with Crippen molar-refractivity contribution in [3.8, 4) is 17.3 Å². The Morgan fingerprint density at radius 2 is 1.94 bits per heavy atom. The molecule has 1 aromatic heterocycles. The largest absolute Gasteiger partial charge is 0.493 e. The van der Waals surface area contributed by atoms with Gasteiger partial charge in [-0.3, -0.25) is 0 Å². The summed E-state index contributed by atoms with van der Waals surface area (Å²) in [5.41, 5.74) is 0.168. The van der Waals surface area contributed by atoms with E-state index in [4.69, 9.17) is 4.42 Å². The van der Waals surface area contributed by atoms with Crippen molar-refractivity contribution in [3.63, 3.8) is 0 Å². The first-order chi connectivity index (χ1) is 7.58. The summed E-state index contributed by atoms with van der Waals surface area (Å²) in [7, 11) is 0. The van der Waals surface area contributed by atoms with Gasteiger partial charge in [0.15, 0.2) is 0 Å². The average Bonchev–Trinajstić information content (AvgIpc) is 2.26. The van der Waals surface area contributed by atoms with Crippen LogP contribution in [0.5, 0.6) is 5.88 Å². The summed E-state index contributed by atoms with van der Waals surface area (Å²) in [5, 5.41) is 9.42. The van der Waals surface area contributed by atoms with Crippen LogP contribution in [-0.4, -0.2) is 10.1 Å². The van der Waals surface area contributed by atoms with E-state index in [1.807, 2.05) is 0 Å². The molecule has 4 nitrogen and oxygen atoms in total. The molecule has 16 heavy (non-hydrogen) atoms. The Morgan fingerprint density at radius 3 is 2.50 bits per heavy atom. The number of benzene rings is 1. The second kappa shape index (κ2) is 4.09. The van der Waals surface area contributed by atoms with E-state index in [-0.39, 0.29) is 17.3 Å². The van der Waals surface area contributed by atoms with Crippen LogP contribution in [0.2, 0.25) is 0 Å². The Balaban J connectivity index is 2.57. The van der Waals surface area contributed by atoms with Gasteiger partial charge in [-0.1, -0.05) is 15.9 Å². The van der Waals surface area contributed by atoms with Crippen LogP contribution in [0.4, 0.5) is 0 Å². The topological polar surface area (TPSA) is 63.3 Å². The average molecular weight is 282 g/mol. The minimum Gasteiger partial charge on any atom is -0.493 e. The van der Waals surface area contributed by atoms with Gasteiger partial charge in [0.05, 0.1) is 5.56 Å². The molecule has 82 valence electrons. The minimum absolute atomic E-state index is 0.112. The molecule has 0 spiro atoms. The van der Waals surface area contributed by atoms with Crippen LogP contribution in [0.25, 0.3) is 11.5 Å². The van der Waals surface area contributed by atoms with E-state index < -0.39 is 5.63 Å². The third-order valence-corrected chi connectivity index (χ3v) is 2.66. The Bertz CT molecular complexity index is 575. The molecule has 1 heterocycles. The van der Waals surface area contributed by atoms with E-state index in [1.54, 1.807) is 24.3 Å². The Labute approximate surface area is 99.7 Å². The summed E-state index contributed by atoms with van der Waals surface area (Å²) in [5.74, 6) is -0.185. The molecule has 0 bridgehead atoms. The van der Waals surface area contributed by atoms with Gasteiger partial charge in [0, 0.05) is 10.0 Å². The minimum atomic E-state index is -0.578. The number of hydrogen-bond donors (Lipinski definition) is 1. The van der Waals surface area contributed by atoms with Gasteiger partial charge < -0.3 is 9.52 Å². The van der Waals surface area contributed by atoms with Gasteiger partial charge in [-0.2, -0.15) is 4.98 Å². The maximum atomic E-state index is 11.3. The molecule has 0 amide bonds. The number of nitrogens with zero attached hydrogens (tertiary/aromatic N) is 1. The van der Waals surface area contributed by atoms with Gasteiger partial charge in [0.25, 0.3) is 0 Å². The standard InChI is InChI=1S/C11H8BrNO3/c1-6-9(14)13-10(16-11(6)15)7-2-4-8(12)5-3-7/h2-5,14H,1H3. The van der Waals surface area contributed by atoms with Crippen molar-refractivity contribution >= 4 is 15.9 Å². The second-order valence-electron chi connectivity index (χ2n) is 3.26. The summed E-state index contributed by atoms with van der Waals surface area (Å²) in [6.07, 6.45) is 0. The van der Waals surface area contributed by atoms with Crippen molar-refractivity contribution < 1.29 is 9.52 Å². The van der Waals surface area contributed by atoms with Gasteiger partial charge in [0.2, 0.25) is 11.8 Å². The third-order valence-electron chi connectivity index (χ3n) is 2.13. The van der Waals surface area contributed by atoms with Crippen LogP contribution in [0, 0.1) is 6.92 Å². The first kappa shape index (κ1) is 10.9. The SMILES string of the molecule is Cc1c(O)nc(-c2ccc(Br)cc2)oc1=O. The molecule has 1 N–H and O–H groups in total. The molecule has 0 radical (unpaired) electrons. The summed E-state index contributed by atoms with van der Waals surface area (Å²) in [6, 6.07) is 7.08. The van der Waals surface area contributed by atoms with Gasteiger partial charge in [-0.25, -0.2) is 4.79 Å². The van der Waals surface area contributed by atoms with Crippen LogP contribution in [-0.2, 0) is 0 Å². The first-order valence-electron chi connectivity index (χ1n) is 4.54. The summed E-state index contributed by atoms with van der Waals surface area (Å²) in [6.45, 7) is 1.46. The molecule has 0 atom stereocenters. The quantitative estimate of drug-likeness (QED) is 0.872. The molecule has 0 aliphatic carbocycles. The van der Waals surface area contributed by atoms with E-state index in [0.29, 0.717) is 5.56 Å². The number of aromatic nitrogens is 1. The lowest BCUT2D eigenvalue weighted by Gasteiger charge is -2.01. The molecule has 0 aliphatic heterocycles. The van der Waals surface area contributed by atoms with Crippen molar-refractivity contribution in [3.05, 3.63) is 44.7 Å². The maximum Gasteiger partial charge on any atom is 0.345 e. The summed E-state index contributed by atoms with van der Waals surface area (Å²) in [4.78, 5) is 15.1. The first-order valence-corrected chi connectivity index (χ1v) is 5.34. The van der Waals surface area contributed by atoms with E-state index in [2.05, 4.69) is 20.9 Å². The zero-order valence-corrected chi connectivity index (χ0v) is 9.98. The molecule has 0 unspecified atom stereocenters. The highest BCUT2D eigenvalue weighted by atomic mass is 79.9. The fraction of sp³-hybridized carbons (Fsp3) is 0.0909. The zero-order chi connectivity index (χ0) is 11.7. The van der Waals surface area contributed by atoms with Crippen LogP contribution < -0.4 is 5.63 Å². The molecule has 0 aliphatic rings. The Morgan fingerprint density at radius 1 is 1.31 bits per heavy atom. The van der Waals surface area contributed by atoms with Gasteiger partial charge in [0.1, 0.15) is 0 Å². The maximum absolute atomic E-state index is 11.3. The van der Waals surface area contributed by atoms with Crippen molar-refractivity contribution in [1.29, 1.82) is 0 Å². The number of aromatic hydroxyl groups is 1. The molecule has 2 rings (SSSR count). The van der Waals surface area contributed by atoms with Crippen molar-refractivity contribution in [2.45, 2.75) is 6.92 Å². The van der Waals surface area contributed by atoms with E-state index >= 15 is 0 Å². The highest BCUT2D eigenvalue weighted by molar-refractivity contribution is 9.10. The molecular weight excluding hydrogens is 274 g/mol. The van der Waals surface area contributed by atoms with Gasteiger partial charge in [-0.15, -0.1) is 0 Å². The molecule has 0 fully saturated rings. The Hall–Kier alpha value is -1.62. The number of hydrogen-bond acceptors (Lipinski definition) is 4. The van der Waals surface area contributed by atoms with Crippen molar-refractivity contribution in [2.24, 2.45) is 0 Å². The second-order valence-corrected chi connectivity index (χ2v) is 4.18. The highest BCUT2D eigenvalue weighted by Gasteiger charge is 2.09. The lowest BCUT2D eigenvalue weighted by molar-refractivity contribution is 0.414. The van der Waals surface area contributed by atoms with Crippen LogP contribution >= 0.6 is 15.9 Å². The smallest absolute Gasteiger partial charge is 0.345 e. The molecule has 5 heteroatoms. The number of rotatable bonds is 1. The normalized spacial score (nSPS) is 10.4. The number of halogens is 1. The highest BCUT2D eigenvalue weighted by Crippen LogP contribution is 2.21. The lowest BCUT2D eigenvalue weighted by atomic mass is 10.2. The fourth-order valence-electron chi connectivity index (χ4n) is 1.17. The molecule has 2 aromatic rings. The summed E-state index contributed by atoms with van der Waals surface area (Å²) >= 11 is 3.30. The van der Waals surface area contributed by atoms with Crippen LogP contribution in [0.15, 0.2) is 37.9 Å². The predicted octanol–water partition coefficient (Wildman–Crippen LogP) is 2.48. The van der Waals surface area contributed by atoms with Crippen molar-refractivity contribution in [1.82, 2.24) is 4.98 Å². The zero-order valence-electron chi connectivity index (χ0n) is 8.40. The predicted molar refractivity (Wildman–Crippen MR) is 62.3 cm³/mol. The molecule has 0 saturated heterocycles. The van der Waals surface area contributed by atoms with E-state index in [0.717, 1.165) is 4.47 Å². The van der Waals surface area contributed by atoms with E-state index in [9.17, 15) is 9.90 Å². The van der Waals surface area contributed by atoms with Gasteiger partial charge >= 0.3 is 5.63 Å². The van der Waals surface area contributed by atoms with Gasteiger partial charge in [-0.05, 0) is 31.2 Å². The molecule has 0 saturated carbocycles. The molecule has 1 aromatic carbocycles. The van der Waals surface area contributed by atoms with Crippen molar-refractivity contribution in [2.75, 3.05) is 0 Å². The van der Waals surface area contributed by atoms with Crippen LogP contribution in [0.1, 0.15) is 5.56 Å². The van der Waals surface area contributed by atoms with E-state index in [1.165, 1.54) is 6.92 Å². The lowest BCUT2D eigenvalue weighted by Crippen LogP contribution is -2.05. The summed E-state index contributed by atoms with van der Waals surface area (Å²) < 4.78 is 5.88. The third kappa shape index (κ3) is 1.99. The van der Waals surface area contributed by atoms with Crippen LogP contribution in [0.3, 0.4) is 0 Å².